The van der Waals surface area contributed by atoms with E-state index < -0.39 is 30.3 Å². The van der Waals surface area contributed by atoms with Crippen LogP contribution in [0.4, 0.5) is 0 Å². The van der Waals surface area contributed by atoms with Crippen LogP contribution in [-0.4, -0.2) is 84.8 Å². The molecule has 1 aliphatic heterocycles. The van der Waals surface area contributed by atoms with Crippen molar-refractivity contribution in [3.8, 4) is 0 Å². The van der Waals surface area contributed by atoms with Crippen molar-refractivity contribution in [1.29, 1.82) is 0 Å². The summed E-state index contributed by atoms with van der Waals surface area (Å²) in [6.07, 6.45) is 4.54. The molecule has 2 atom stereocenters. The van der Waals surface area contributed by atoms with Gasteiger partial charge in [0, 0.05) is 37.2 Å². The summed E-state index contributed by atoms with van der Waals surface area (Å²) >= 11 is 0. The number of nitrogens with one attached hydrogen (secondary N) is 4. The van der Waals surface area contributed by atoms with Crippen molar-refractivity contribution in [3.63, 3.8) is 0 Å². The lowest BCUT2D eigenvalue weighted by molar-refractivity contribution is -0.137. The van der Waals surface area contributed by atoms with Crippen LogP contribution >= 0.6 is 8.58 Å². The van der Waals surface area contributed by atoms with Crippen molar-refractivity contribution in [3.05, 3.63) is 48.0 Å². The monoisotopic (exact) mass is 567 g/mol. The highest BCUT2D eigenvalue weighted by molar-refractivity contribution is 7.57. The Balaban J connectivity index is -0.00000400. The molecule has 1 aromatic carbocycles. The quantitative estimate of drug-likeness (QED) is 0.120. The average molecular weight is 568 g/mol. The summed E-state index contributed by atoms with van der Waals surface area (Å²) < 4.78 is 0. The lowest BCUT2D eigenvalue weighted by atomic mass is 10.1. The van der Waals surface area contributed by atoms with Crippen molar-refractivity contribution < 1.29 is 39.3 Å². The molecule has 0 aromatic heterocycles. The Morgan fingerprint density at radius 1 is 0.821 bits per heavy atom. The first-order valence-corrected chi connectivity index (χ1v) is 14.1. The van der Waals surface area contributed by atoms with E-state index in [-0.39, 0.29) is 63.5 Å². The zero-order valence-corrected chi connectivity index (χ0v) is 22.8. The molecule has 39 heavy (non-hydrogen) atoms. The molecule has 1 unspecified atom stereocenters. The van der Waals surface area contributed by atoms with Gasteiger partial charge in [0.2, 0.25) is 23.6 Å². The van der Waals surface area contributed by atoms with Gasteiger partial charge in [-0.05, 0) is 25.1 Å². The second kappa shape index (κ2) is 16.8. The maximum absolute atomic E-state index is 12.6. The van der Waals surface area contributed by atoms with E-state index in [9.17, 15) is 33.6 Å². The summed E-state index contributed by atoms with van der Waals surface area (Å²) in [6.45, 7) is 1.17. The van der Waals surface area contributed by atoms with Crippen LogP contribution in [0.25, 0.3) is 0 Å². The van der Waals surface area contributed by atoms with Crippen LogP contribution in [0.3, 0.4) is 0 Å². The minimum atomic E-state index is -0.942. The third kappa shape index (κ3) is 12.0. The minimum absolute atomic E-state index is 0. The molecule has 1 aliphatic rings. The van der Waals surface area contributed by atoms with Crippen molar-refractivity contribution in [2.24, 2.45) is 0 Å². The lowest BCUT2D eigenvalue weighted by Crippen LogP contribution is -2.51. The molecule has 4 N–H and O–H groups in total. The highest BCUT2D eigenvalue weighted by Crippen LogP contribution is 2.08. The number of imide groups is 1. The Hall–Kier alpha value is -3.92. The number of carbonyl (C=O) groups is 7. The fourth-order valence-corrected chi connectivity index (χ4v) is 3.84. The van der Waals surface area contributed by atoms with Crippen molar-refractivity contribution in [2.75, 3.05) is 32.8 Å². The summed E-state index contributed by atoms with van der Waals surface area (Å²) in [4.78, 5) is 84.7. The van der Waals surface area contributed by atoms with Gasteiger partial charge in [-0.3, -0.25) is 38.5 Å². The first-order valence-electron chi connectivity index (χ1n) is 12.6. The maximum atomic E-state index is 12.6. The number of hydrogen-bond donors (Lipinski definition) is 4. The summed E-state index contributed by atoms with van der Waals surface area (Å²) in [5.74, 6) is -2.69. The standard InChI is InChI=1S/C26H34N5O7P.4H2/c1-39-25(37)17-29-26(38)19(14-18-8-4-2-5-9-18)30-22(34)16-28-21(33)15-27-20(32)10-6-3-7-13-31-23(35)11-12-24(31)36;;;;/h2,4-5,8-9,11-12,19,39H,3,6-7,10,13-17H2,1H3,(H,27,32)(H,28,33)(H,29,38)(H,30,34);4*1H/t19-;;;;/m0..../s1. The fourth-order valence-electron chi connectivity index (χ4n) is 3.58. The highest BCUT2D eigenvalue weighted by atomic mass is 31.1. The topological polar surface area (TPSA) is 171 Å². The molecule has 13 heteroatoms. The van der Waals surface area contributed by atoms with Crippen LogP contribution in [0.15, 0.2) is 42.5 Å². The van der Waals surface area contributed by atoms with E-state index in [2.05, 4.69) is 21.3 Å². The smallest absolute Gasteiger partial charge is 0.253 e. The lowest BCUT2D eigenvalue weighted by Gasteiger charge is -2.19. The third-order valence-electron chi connectivity index (χ3n) is 5.71. The van der Waals surface area contributed by atoms with E-state index in [0.717, 1.165) is 10.5 Å². The normalized spacial score (nSPS) is 13.4. The van der Waals surface area contributed by atoms with Gasteiger partial charge in [-0.2, -0.15) is 0 Å². The second-order valence-electron chi connectivity index (χ2n) is 8.73. The van der Waals surface area contributed by atoms with Gasteiger partial charge in [0.05, 0.1) is 19.6 Å². The van der Waals surface area contributed by atoms with Gasteiger partial charge in [0.1, 0.15) is 6.04 Å². The SMILES string of the molecule is CPC(=O)CNC(=O)[C@H](Cc1ccccc1)NC(=O)CNC(=O)CNC(=O)CCCCCN1C(=O)C=CC1=O.[HH].[HH].[HH].[HH]. The Morgan fingerprint density at radius 2 is 1.46 bits per heavy atom. The van der Waals surface area contributed by atoms with Gasteiger partial charge >= 0.3 is 0 Å². The molecule has 1 aromatic rings. The maximum Gasteiger partial charge on any atom is 0.253 e. The third-order valence-corrected chi connectivity index (χ3v) is 6.45. The summed E-state index contributed by atoms with van der Waals surface area (Å²) in [6, 6.07) is 8.11. The number of benzene rings is 1. The Morgan fingerprint density at radius 3 is 2.13 bits per heavy atom. The zero-order chi connectivity index (χ0) is 28.6. The van der Waals surface area contributed by atoms with Gasteiger partial charge in [-0.15, -0.1) is 0 Å². The van der Waals surface area contributed by atoms with Gasteiger partial charge in [-0.1, -0.05) is 45.3 Å². The highest BCUT2D eigenvalue weighted by Gasteiger charge is 2.23. The molecule has 6 amide bonds. The number of amides is 6. The molecule has 0 saturated heterocycles. The molecule has 12 nitrogen and oxygen atoms in total. The number of nitrogens with zero attached hydrogens (tertiary/aromatic N) is 1. The summed E-state index contributed by atoms with van der Waals surface area (Å²) in [5.41, 5.74) is 0.693. The molecular formula is C26H42N5O7P. The molecule has 218 valence electrons. The Bertz CT molecular complexity index is 1090. The van der Waals surface area contributed by atoms with E-state index in [4.69, 9.17) is 0 Å². The molecule has 0 spiro atoms. The van der Waals surface area contributed by atoms with Crippen molar-refractivity contribution >= 4 is 49.5 Å². The second-order valence-corrected chi connectivity index (χ2v) is 9.78. The predicted molar refractivity (Wildman–Crippen MR) is 153 cm³/mol. The Kier molecular flexibility index (Phi) is 13.5. The molecule has 0 radical (unpaired) electrons. The van der Waals surface area contributed by atoms with Crippen molar-refractivity contribution in [1.82, 2.24) is 26.2 Å². The van der Waals surface area contributed by atoms with Gasteiger partial charge < -0.3 is 21.3 Å². The van der Waals surface area contributed by atoms with Crippen LogP contribution in [0.5, 0.6) is 0 Å². The molecule has 0 fully saturated rings. The Labute approximate surface area is 234 Å². The van der Waals surface area contributed by atoms with E-state index in [1.54, 1.807) is 18.8 Å². The molecular weight excluding hydrogens is 525 g/mol. The zero-order valence-electron chi connectivity index (χ0n) is 21.8. The number of rotatable bonds is 17. The predicted octanol–water partition coefficient (Wildman–Crippen LogP) is 0.367. The van der Waals surface area contributed by atoms with Crippen LogP contribution in [0.1, 0.15) is 37.0 Å². The largest absolute Gasteiger partial charge is 0.347 e. The van der Waals surface area contributed by atoms with Crippen LogP contribution in [0.2, 0.25) is 0 Å². The minimum Gasteiger partial charge on any atom is -0.347 e. The van der Waals surface area contributed by atoms with Crippen molar-refractivity contribution in [2.45, 2.75) is 38.1 Å². The van der Waals surface area contributed by atoms with E-state index in [1.807, 2.05) is 18.2 Å². The number of unbranched alkanes of at least 4 members (excludes halogenated alkanes) is 2. The van der Waals surface area contributed by atoms with E-state index in [1.165, 1.54) is 12.2 Å². The fraction of sp³-hybridized carbons (Fsp3) is 0.423. The number of carbonyl (C=O) groups excluding carboxylic acids is 7. The first kappa shape index (κ1) is 31.3. The van der Waals surface area contributed by atoms with Crippen LogP contribution < -0.4 is 21.3 Å². The molecule has 0 bridgehead atoms. The molecule has 0 aliphatic carbocycles. The van der Waals surface area contributed by atoms with E-state index >= 15 is 0 Å². The molecule has 0 saturated carbocycles. The van der Waals surface area contributed by atoms with E-state index in [0.29, 0.717) is 25.8 Å². The summed E-state index contributed by atoms with van der Waals surface area (Å²) in [5, 5.41) is 9.98. The summed E-state index contributed by atoms with van der Waals surface area (Å²) in [7, 11) is 0.0428. The number of hydrogen-bond acceptors (Lipinski definition) is 7. The molecule has 1 heterocycles. The van der Waals surface area contributed by atoms with Gasteiger partial charge in [-0.25, -0.2) is 0 Å². The van der Waals surface area contributed by atoms with Gasteiger partial charge in [0.15, 0.2) is 5.52 Å². The first-order chi connectivity index (χ1) is 18.7. The van der Waals surface area contributed by atoms with Crippen LogP contribution in [-0.2, 0) is 40.0 Å². The molecule has 2 rings (SSSR count). The van der Waals surface area contributed by atoms with Crippen LogP contribution in [0, 0.1) is 0 Å². The van der Waals surface area contributed by atoms with Gasteiger partial charge in [0.25, 0.3) is 11.8 Å². The average Bonchev–Trinajstić information content (AvgIpc) is 3.25.